The van der Waals surface area contributed by atoms with Crippen molar-refractivity contribution in [1.82, 2.24) is 0 Å². The van der Waals surface area contributed by atoms with Crippen molar-refractivity contribution in [2.45, 2.75) is 37.9 Å². The van der Waals surface area contributed by atoms with Crippen LogP contribution in [0.2, 0.25) is 0 Å². The molecule has 0 radical (unpaired) electrons. The lowest BCUT2D eigenvalue weighted by Crippen LogP contribution is -2.10. The van der Waals surface area contributed by atoms with Crippen LogP contribution in [0, 0.1) is 0 Å². The summed E-state index contributed by atoms with van der Waals surface area (Å²) in [5.41, 5.74) is 12.0. The minimum absolute atomic E-state index is 0.270. The largest absolute Gasteiger partial charge is 0.492 e. The number of rotatable bonds is 11. The van der Waals surface area contributed by atoms with Gasteiger partial charge in [-0.25, -0.2) is 0 Å². The molecule has 4 nitrogen and oxygen atoms in total. The molecular weight excluding hydrogens is 284 g/mol. The standard InChI is InChI=1S/C16H26N2O2S/c17-10-4-2-1-3-5-16(19)21-13-14-6-8-15(9-7-14)20-12-11-18/h6-9H,1-5,10-13,17-18H2. The summed E-state index contributed by atoms with van der Waals surface area (Å²) in [4.78, 5) is 11.8. The molecule has 0 bridgehead atoms. The zero-order chi connectivity index (χ0) is 15.3. The van der Waals surface area contributed by atoms with Crippen molar-refractivity contribution in [2.75, 3.05) is 19.7 Å². The van der Waals surface area contributed by atoms with Gasteiger partial charge in [0.15, 0.2) is 5.12 Å². The predicted molar refractivity (Wildman–Crippen MR) is 89.4 cm³/mol. The molecule has 0 unspecified atom stereocenters. The molecule has 0 spiro atoms. The first kappa shape index (κ1) is 18.0. The second-order valence-corrected chi connectivity index (χ2v) is 5.93. The van der Waals surface area contributed by atoms with Crippen LogP contribution in [0.5, 0.6) is 5.75 Å². The number of benzene rings is 1. The normalized spacial score (nSPS) is 10.6. The van der Waals surface area contributed by atoms with Gasteiger partial charge in [-0.1, -0.05) is 36.7 Å². The van der Waals surface area contributed by atoms with Crippen LogP contribution in [0.1, 0.15) is 37.7 Å². The Morgan fingerprint density at radius 2 is 1.71 bits per heavy atom. The molecule has 1 aromatic rings. The van der Waals surface area contributed by atoms with Gasteiger partial charge in [-0.2, -0.15) is 0 Å². The van der Waals surface area contributed by atoms with E-state index in [1.807, 2.05) is 24.3 Å². The Bertz CT molecular complexity index is 396. The Morgan fingerprint density at radius 1 is 1.00 bits per heavy atom. The van der Waals surface area contributed by atoms with E-state index >= 15 is 0 Å². The van der Waals surface area contributed by atoms with Crippen LogP contribution in [-0.2, 0) is 10.5 Å². The van der Waals surface area contributed by atoms with Crippen LogP contribution in [0.3, 0.4) is 0 Å². The molecule has 5 heteroatoms. The van der Waals surface area contributed by atoms with Crippen molar-refractivity contribution in [2.24, 2.45) is 11.5 Å². The first-order valence-corrected chi connectivity index (χ1v) is 8.52. The first-order chi connectivity index (χ1) is 10.3. The summed E-state index contributed by atoms with van der Waals surface area (Å²) in [6.07, 6.45) is 4.90. The van der Waals surface area contributed by atoms with E-state index in [1.165, 1.54) is 11.8 Å². The molecule has 0 fully saturated rings. The third-order valence-corrected chi connectivity index (χ3v) is 4.05. The number of thioether (sulfide) groups is 1. The highest BCUT2D eigenvalue weighted by Crippen LogP contribution is 2.19. The molecule has 0 heterocycles. The smallest absolute Gasteiger partial charge is 0.189 e. The molecule has 0 aliphatic rings. The highest BCUT2D eigenvalue weighted by atomic mass is 32.2. The fourth-order valence-corrected chi connectivity index (χ4v) is 2.67. The summed E-state index contributed by atoms with van der Waals surface area (Å²) < 4.78 is 5.41. The van der Waals surface area contributed by atoms with Gasteiger partial charge in [0.05, 0.1) is 0 Å². The van der Waals surface area contributed by atoms with Gasteiger partial charge < -0.3 is 16.2 Å². The fraction of sp³-hybridized carbons (Fsp3) is 0.562. The Morgan fingerprint density at radius 3 is 2.38 bits per heavy atom. The highest BCUT2D eigenvalue weighted by Gasteiger charge is 2.04. The molecule has 0 aromatic heterocycles. The van der Waals surface area contributed by atoms with Gasteiger partial charge in [-0.15, -0.1) is 0 Å². The van der Waals surface area contributed by atoms with Crippen molar-refractivity contribution < 1.29 is 9.53 Å². The second kappa shape index (κ2) is 11.6. The first-order valence-electron chi connectivity index (χ1n) is 7.53. The van der Waals surface area contributed by atoms with Gasteiger partial charge >= 0.3 is 0 Å². The number of hydrogen-bond acceptors (Lipinski definition) is 5. The molecule has 0 amide bonds. The third-order valence-electron chi connectivity index (χ3n) is 3.04. The van der Waals surface area contributed by atoms with Crippen LogP contribution in [0.4, 0.5) is 0 Å². The van der Waals surface area contributed by atoms with E-state index in [9.17, 15) is 4.79 Å². The fourth-order valence-electron chi connectivity index (χ4n) is 1.86. The SMILES string of the molecule is NCCCCCCC(=O)SCc1ccc(OCCN)cc1. The van der Waals surface area contributed by atoms with Crippen LogP contribution >= 0.6 is 11.8 Å². The summed E-state index contributed by atoms with van der Waals surface area (Å²) in [7, 11) is 0. The highest BCUT2D eigenvalue weighted by molar-refractivity contribution is 8.12. The number of unbranched alkanes of at least 4 members (excludes halogenated alkanes) is 3. The molecule has 118 valence electrons. The number of nitrogens with two attached hydrogens (primary N) is 2. The molecule has 0 saturated carbocycles. The van der Waals surface area contributed by atoms with E-state index in [1.54, 1.807) is 0 Å². The van der Waals surface area contributed by atoms with Gasteiger partial charge in [0.2, 0.25) is 0 Å². The average molecular weight is 310 g/mol. The van der Waals surface area contributed by atoms with E-state index in [-0.39, 0.29) is 5.12 Å². The van der Waals surface area contributed by atoms with Crippen molar-refractivity contribution in [3.63, 3.8) is 0 Å². The lowest BCUT2D eigenvalue weighted by molar-refractivity contribution is -0.111. The van der Waals surface area contributed by atoms with Crippen LogP contribution < -0.4 is 16.2 Å². The summed E-state index contributed by atoms with van der Waals surface area (Å²) in [5.74, 6) is 1.54. The Labute approximate surface area is 131 Å². The lowest BCUT2D eigenvalue weighted by atomic mass is 10.1. The monoisotopic (exact) mass is 310 g/mol. The lowest BCUT2D eigenvalue weighted by Gasteiger charge is -2.06. The number of carbonyl (C=O) groups is 1. The van der Waals surface area contributed by atoms with E-state index in [4.69, 9.17) is 16.2 Å². The minimum Gasteiger partial charge on any atom is -0.492 e. The maximum Gasteiger partial charge on any atom is 0.189 e. The summed E-state index contributed by atoms with van der Waals surface area (Å²) in [5, 5.41) is 0.270. The number of carbonyl (C=O) groups excluding carboxylic acids is 1. The molecule has 1 rings (SSSR count). The van der Waals surface area contributed by atoms with Crippen molar-refractivity contribution in [3.05, 3.63) is 29.8 Å². The van der Waals surface area contributed by atoms with Gasteiger partial charge in [-0.05, 0) is 37.1 Å². The average Bonchev–Trinajstić information content (AvgIpc) is 2.51. The molecule has 21 heavy (non-hydrogen) atoms. The molecule has 0 aliphatic heterocycles. The number of hydrogen-bond donors (Lipinski definition) is 2. The van der Waals surface area contributed by atoms with Crippen LogP contribution in [-0.4, -0.2) is 24.8 Å². The van der Waals surface area contributed by atoms with Crippen LogP contribution in [0.15, 0.2) is 24.3 Å². The molecule has 4 N–H and O–H groups in total. The minimum atomic E-state index is 0.270. The molecular formula is C16H26N2O2S. The van der Waals surface area contributed by atoms with E-state index in [0.29, 0.717) is 19.6 Å². The topological polar surface area (TPSA) is 78.3 Å². The molecule has 0 atom stereocenters. The summed E-state index contributed by atoms with van der Waals surface area (Å²) in [6.45, 7) is 1.78. The summed E-state index contributed by atoms with van der Waals surface area (Å²) >= 11 is 1.39. The molecule has 0 aliphatic carbocycles. The zero-order valence-electron chi connectivity index (χ0n) is 12.6. The quantitative estimate of drug-likeness (QED) is 0.614. The molecule has 0 saturated heterocycles. The predicted octanol–water partition coefficient (Wildman–Crippen LogP) is 2.69. The Balaban J connectivity index is 2.17. The van der Waals surface area contributed by atoms with E-state index in [0.717, 1.165) is 49.3 Å². The second-order valence-electron chi connectivity index (χ2n) is 4.89. The van der Waals surface area contributed by atoms with Crippen LogP contribution in [0.25, 0.3) is 0 Å². The Hall–Kier alpha value is -1.04. The third kappa shape index (κ3) is 8.75. The van der Waals surface area contributed by atoms with E-state index < -0.39 is 0 Å². The van der Waals surface area contributed by atoms with Crippen molar-refractivity contribution >= 4 is 16.9 Å². The van der Waals surface area contributed by atoms with Gasteiger partial charge in [-0.3, -0.25) is 4.79 Å². The number of ether oxygens (including phenoxy) is 1. The van der Waals surface area contributed by atoms with Crippen molar-refractivity contribution in [1.29, 1.82) is 0 Å². The zero-order valence-corrected chi connectivity index (χ0v) is 13.4. The maximum atomic E-state index is 11.8. The summed E-state index contributed by atoms with van der Waals surface area (Å²) in [6, 6.07) is 7.83. The molecule has 1 aromatic carbocycles. The van der Waals surface area contributed by atoms with Gasteiger partial charge in [0, 0.05) is 18.7 Å². The van der Waals surface area contributed by atoms with Gasteiger partial charge in [0.25, 0.3) is 0 Å². The van der Waals surface area contributed by atoms with E-state index in [2.05, 4.69) is 0 Å². The maximum absolute atomic E-state index is 11.8. The van der Waals surface area contributed by atoms with Crippen molar-refractivity contribution in [3.8, 4) is 5.75 Å². The Kier molecular flexibility index (Phi) is 9.95. The van der Waals surface area contributed by atoms with Gasteiger partial charge in [0.1, 0.15) is 12.4 Å².